The van der Waals surface area contributed by atoms with E-state index in [-0.39, 0.29) is 0 Å². The molecule has 0 bridgehead atoms. The topological polar surface area (TPSA) is 17.8 Å². The smallest absolute Gasteiger partial charge is 0.109 e. The lowest BCUT2D eigenvalue weighted by Gasteiger charge is -2.27. The number of imidazole rings is 1. The van der Waals surface area contributed by atoms with Gasteiger partial charge >= 0.3 is 0 Å². The maximum absolute atomic E-state index is 4.81. The van der Waals surface area contributed by atoms with Crippen LogP contribution in [-0.2, 0) is 6.42 Å². The molecule has 2 heterocycles. The first kappa shape index (κ1) is 10.7. The molecule has 2 atom stereocenters. The van der Waals surface area contributed by atoms with Crippen LogP contribution in [0.25, 0.3) is 0 Å². The highest BCUT2D eigenvalue weighted by Gasteiger charge is 2.26. The molecule has 1 aliphatic rings. The molecule has 2 unspecified atom stereocenters. The third kappa shape index (κ3) is 1.70. The van der Waals surface area contributed by atoms with Crippen molar-refractivity contribution in [1.82, 2.24) is 9.55 Å². The minimum Gasteiger partial charge on any atom is -0.329 e. The van der Waals surface area contributed by atoms with Gasteiger partial charge in [0.2, 0.25) is 0 Å². The van der Waals surface area contributed by atoms with Crippen molar-refractivity contribution in [1.29, 1.82) is 0 Å². The summed E-state index contributed by atoms with van der Waals surface area (Å²) in [7, 11) is 0. The highest BCUT2D eigenvalue weighted by Crippen LogP contribution is 2.32. The predicted molar refractivity (Wildman–Crippen MR) is 63.2 cm³/mol. The first-order valence-electron chi connectivity index (χ1n) is 6.08. The minimum atomic E-state index is 0.547. The standard InChI is InChI=1S/C13H22N2/c1-8(2)13-11(5)15-10(4)6-9(3)7-12(15)14-13/h8-10H,6-7H2,1-5H3. The molecule has 0 saturated heterocycles. The van der Waals surface area contributed by atoms with Gasteiger partial charge in [-0.15, -0.1) is 0 Å². The molecular weight excluding hydrogens is 184 g/mol. The SMILES string of the molecule is Cc1c(C(C)C)nc2n1C(C)CC(C)C2. The van der Waals surface area contributed by atoms with Crippen LogP contribution in [0, 0.1) is 12.8 Å². The van der Waals surface area contributed by atoms with E-state index < -0.39 is 0 Å². The van der Waals surface area contributed by atoms with Crippen molar-refractivity contribution in [2.24, 2.45) is 5.92 Å². The number of nitrogens with zero attached hydrogens (tertiary/aromatic N) is 2. The average Bonchev–Trinajstić information content (AvgIpc) is 2.42. The van der Waals surface area contributed by atoms with E-state index in [0.717, 1.165) is 12.3 Å². The van der Waals surface area contributed by atoms with Gasteiger partial charge in [-0.25, -0.2) is 4.98 Å². The molecule has 0 spiro atoms. The van der Waals surface area contributed by atoms with Crippen molar-refractivity contribution in [3.05, 3.63) is 17.2 Å². The molecule has 0 radical (unpaired) electrons. The molecule has 2 rings (SSSR count). The van der Waals surface area contributed by atoms with Gasteiger partial charge < -0.3 is 4.57 Å². The third-order valence-corrected chi connectivity index (χ3v) is 3.52. The lowest BCUT2D eigenvalue weighted by atomic mass is 9.95. The number of hydrogen-bond acceptors (Lipinski definition) is 1. The largest absolute Gasteiger partial charge is 0.329 e. The molecule has 0 fully saturated rings. The molecule has 0 aliphatic carbocycles. The fourth-order valence-electron chi connectivity index (χ4n) is 2.95. The van der Waals surface area contributed by atoms with Crippen LogP contribution in [0.3, 0.4) is 0 Å². The summed E-state index contributed by atoms with van der Waals surface area (Å²) in [6.45, 7) is 11.3. The van der Waals surface area contributed by atoms with Crippen molar-refractivity contribution in [2.75, 3.05) is 0 Å². The van der Waals surface area contributed by atoms with Gasteiger partial charge in [-0.1, -0.05) is 20.8 Å². The number of hydrogen-bond donors (Lipinski definition) is 0. The van der Waals surface area contributed by atoms with Gasteiger partial charge in [0.15, 0.2) is 0 Å². The molecule has 2 heteroatoms. The van der Waals surface area contributed by atoms with Gasteiger partial charge in [-0.3, -0.25) is 0 Å². The van der Waals surface area contributed by atoms with E-state index in [1.54, 1.807) is 0 Å². The van der Waals surface area contributed by atoms with E-state index in [9.17, 15) is 0 Å². The fraction of sp³-hybridized carbons (Fsp3) is 0.769. The highest BCUT2D eigenvalue weighted by molar-refractivity contribution is 5.21. The second-order valence-corrected chi connectivity index (χ2v) is 5.42. The Hall–Kier alpha value is -0.790. The molecule has 0 aromatic carbocycles. The third-order valence-electron chi connectivity index (χ3n) is 3.52. The Labute approximate surface area is 92.7 Å². The van der Waals surface area contributed by atoms with Crippen LogP contribution in [-0.4, -0.2) is 9.55 Å². The van der Waals surface area contributed by atoms with E-state index in [2.05, 4.69) is 39.2 Å². The van der Waals surface area contributed by atoms with E-state index in [1.165, 1.54) is 23.6 Å². The zero-order valence-electron chi connectivity index (χ0n) is 10.5. The van der Waals surface area contributed by atoms with E-state index in [4.69, 9.17) is 4.98 Å². The predicted octanol–water partition coefficient (Wildman–Crippen LogP) is 3.46. The van der Waals surface area contributed by atoms with Gasteiger partial charge in [0.05, 0.1) is 5.69 Å². The molecule has 1 aliphatic heterocycles. The summed E-state index contributed by atoms with van der Waals surface area (Å²) in [5, 5.41) is 0. The van der Waals surface area contributed by atoms with Crippen LogP contribution in [0.1, 0.15) is 63.3 Å². The second kappa shape index (κ2) is 3.66. The van der Waals surface area contributed by atoms with Crippen molar-refractivity contribution in [3.63, 3.8) is 0 Å². The Kier molecular flexibility index (Phi) is 2.61. The maximum atomic E-state index is 4.81. The number of aromatic nitrogens is 2. The Bertz CT molecular complexity index is 363. The van der Waals surface area contributed by atoms with Gasteiger partial charge in [-0.05, 0) is 32.1 Å². The molecule has 0 N–H and O–H groups in total. The van der Waals surface area contributed by atoms with Gasteiger partial charge in [-0.2, -0.15) is 0 Å². The Morgan fingerprint density at radius 1 is 1.33 bits per heavy atom. The lowest BCUT2D eigenvalue weighted by molar-refractivity contribution is 0.339. The number of fused-ring (bicyclic) bond motifs is 1. The summed E-state index contributed by atoms with van der Waals surface area (Å²) in [5.74, 6) is 2.64. The summed E-state index contributed by atoms with van der Waals surface area (Å²) in [6, 6.07) is 0.628. The molecule has 1 aromatic heterocycles. The van der Waals surface area contributed by atoms with Gasteiger partial charge in [0, 0.05) is 18.2 Å². The van der Waals surface area contributed by atoms with Gasteiger partial charge in [0.1, 0.15) is 5.82 Å². The van der Waals surface area contributed by atoms with Crippen molar-refractivity contribution < 1.29 is 0 Å². The summed E-state index contributed by atoms with van der Waals surface area (Å²) in [6.07, 6.45) is 2.44. The molecular formula is C13H22N2. The normalized spacial score (nSPS) is 25.7. The summed E-state index contributed by atoms with van der Waals surface area (Å²) < 4.78 is 2.45. The van der Waals surface area contributed by atoms with E-state index in [1.807, 2.05) is 0 Å². The van der Waals surface area contributed by atoms with Crippen LogP contribution >= 0.6 is 0 Å². The summed E-state index contributed by atoms with van der Waals surface area (Å²) in [5.41, 5.74) is 2.69. The lowest BCUT2D eigenvalue weighted by Crippen LogP contribution is -2.21. The second-order valence-electron chi connectivity index (χ2n) is 5.42. The molecule has 0 saturated carbocycles. The van der Waals surface area contributed by atoms with Crippen LogP contribution < -0.4 is 0 Å². The molecule has 1 aromatic rings. The van der Waals surface area contributed by atoms with Crippen LogP contribution in [0.4, 0.5) is 0 Å². The van der Waals surface area contributed by atoms with Crippen LogP contribution in [0.15, 0.2) is 0 Å². The molecule has 15 heavy (non-hydrogen) atoms. The fourth-order valence-corrected chi connectivity index (χ4v) is 2.95. The van der Waals surface area contributed by atoms with Crippen LogP contribution in [0.2, 0.25) is 0 Å². The quantitative estimate of drug-likeness (QED) is 0.688. The number of rotatable bonds is 1. The van der Waals surface area contributed by atoms with E-state index >= 15 is 0 Å². The zero-order chi connectivity index (χ0) is 11.2. The Morgan fingerprint density at radius 2 is 2.00 bits per heavy atom. The Balaban J connectivity index is 2.47. The van der Waals surface area contributed by atoms with Crippen LogP contribution in [0.5, 0.6) is 0 Å². The zero-order valence-corrected chi connectivity index (χ0v) is 10.5. The summed E-state index contributed by atoms with van der Waals surface area (Å²) in [4.78, 5) is 4.81. The Morgan fingerprint density at radius 3 is 2.60 bits per heavy atom. The molecule has 2 nitrogen and oxygen atoms in total. The van der Waals surface area contributed by atoms with Gasteiger partial charge in [0.25, 0.3) is 0 Å². The first-order chi connectivity index (χ1) is 7.00. The van der Waals surface area contributed by atoms with Crippen molar-refractivity contribution >= 4 is 0 Å². The maximum Gasteiger partial charge on any atom is 0.109 e. The molecule has 84 valence electrons. The minimum absolute atomic E-state index is 0.547. The first-order valence-corrected chi connectivity index (χ1v) is 6.08. The average molecular weight is 206 g/mol. The van der Waals surface area contributed by atoms with E-state index in [0.29, 0.717) is 12.0 Å². The monoisotopic (exact) mass is 206 g/mol. The van der Waals surface area contributed by atoms with Crippen molar-refractivity contribution in [2.45, 2.75) is 59.4 Å². The highest BCUT2D eigenvalue weighted by atomic mass is 15.1. The summed E-state index contributed by atoms with van der Waals surface area (Å²) >= 11 is 0. The molecule has 0 amide bonds. The van der Waals surface area contributed by atoms with Crippen molar-refractivity contribution in [3.8, 4) is 0 Å².